The van der Waals surface area contributed by atoms with E-state index in [1.54, 1.807) is 31.5 Å². The van der Waals surface area contributed by atoms with Gasteiger partial charge in [0.2, 0.25) is 5.55 Å². The van der Waals surface area contributed by atoms with Gasteiger partial charge in [0.15, 0.2) is 5.58 Å². The van der Waals surface area contributed by atoms with E-state index in [4.69, 9.17) is 9.15 Å². The van der Waals surface area contributed by atoms with Crippen molar-refractivity contribution in [1.82, 2.24) is 4.98 Å². The summed E-state index contributed by atoms with van der Waals surface area (Å²) >= 11 is 0. The van der Waals surface area contributed by atoms with E-state index in [1.165, 1.54) is 0 Å². The minimum absolute atomic E-state index is 0.153. The number of nitrogens with one attached hydrogen (secondary N) is 1. The molecule has 2 aromatic heterocycles. The van der Waals surface area contributed by atoms with Gasteiger partial charge in [-0.25, -0.2) is 4.99 Å². The lowest BCUT2D eigenvalue weighted by atomic mass is 10.1. The van der Waals surface area contributed by atoms with Crippen molar-refractivity contribution in [2.45, 2.75) is 27.4 Å². The number of aliphatic hydroxyl groups excluding tert-OH is 1. The summed E-state index contributed by atoms with van der Waals surface area (Å²) < 4.78 is 11.5. The van der Waals surface area contributed by atoms with Crippen LogP contribution in [0.2, 0.25) is 0 Å². The third kappa shape index (κ3) is 4.63. The number of aliphatic hydroxyl groups is 1. The molecule has 0 unspecified atom stereocenters. The van der Waals surface area contributed by atoms with Crippen molar-refractivity contribution < 1.29 is 19.1 Å². The number of pyridine rings is 1. The summed E-state index contributed by atoms with van der Waals surface area (Å²) in [6, 6.07) is 14.7. The second-order valence-electron chi connectivity index (χ2n) is 7.85. The number of nitrogens with zero attached hydrogens (tertiary/aromatic N) is 2. The van der Waals surface area contributed by atoms with Gasteiger partial charge in [0.1, 0.15) is 11.3 Å². The minimum Gasteiger partial charge on any atom is -0.495 e. The zero-order valence-electron chi connectivity index (χ0n) is 19.0. The standard InChI is InChI=1S/C26H25N3O4/c1-15-9-16(2)11-19(10-15)28-26-21(25(31)29-22-7-5-6-8-23(22)32-4)12-20-18(14-30)13-27-17(3)24(20)33-26/h5-13,30H,14H2,1-4H3,(H,29,31). The van der Waals surface area contributed by atoms with Crippen molar-refractivity contribution in [2.75, 3.05) is 12.4 Å². The molecule has 1 amide bonds. The summed E-state index contributed by atoms with van der Waals surface area (Å²) in [6.07, 6.45) is 1.58. The van der Waals surface area contributed by atoms with Crippen molar-refractivity contribution >= 4 is 28.3 Å². The molecule has 168 valence electrons. The monoisotopic (exact) mass is 443 g/mol. The molecule has 4 aromatic rings. The lowest BCUT2D eigenvalue weighted by Gasteiger charge is -2.12. The molecule has 0 atom stereocenters. The summed E-state index contributed by atoms with van der Waals surface area (Å²) in [6.45, 7) is 5.55. The first kappa shape index (κ1) is 22.2. The maximum atomic E-state index is 13.4. The maximum Gasteiger partial charge on any atom is 0.261 e. The van der Waals surface area contributed by atoms with Crippen molar-refractivity contribution in [3.63, 3.8) is 0 Å². The van der Waals surface area contributed by atoms with Crippen LogP contribution in [0, 0.1) is 20.8 Å². The molecule has 7 nitrogen and oxygen atoms in total. The van der Waals surface area contributed by atoms with E-state index in [1.807, 2.05) is 51.1 Å². The number of aromatic nitrogens is 1. The molecule has 4 rings (SSSR count). The van der Waals surface area contributed by atoms with Crippen LogP contribution in [0.5, 0.6) is 5.75 Å². The lowest BCUT2D eigenvalue weighted by molar-refractivity contribution is 0.102. The number of aryl methyl sites for hydroxylation is 3. The van der Waals surface area contributed by atoms with Crippen LogP contribution in [0.15, 0.2) is 64.1 Å². The van der Waals surface area contributed by atoms with Crippen LogP contribution in [-0.2, 0) is 6.61 Å². The Morgan fingerprint density at radius 3 is 2.55 bits per heavy atom. The number of fused-ring (bicyclic) bond motifs is 1. The highest BCUT2D eigenvalue weighted by molar-refractivity contribution is 6.06. The van der Waals surface area contributed by atoms with Gasteiger partial charge in [-0.05, 0) is 62.2 Å². The number of carbonyl (C=O) groups is 1. The second kappa shape index (κ2) is 9.26. The van der Waals surface area contributed by atoms with Crippen LogP contribution in [-0.4, -0.2) is 23.1 Å². The van der Waals surface area contributed by atoms with E-state index in [2.05, 4.69) is 15.3 Å². The Kier molecular flexibility index (Phi) is 6.24. The zero-order valence-corrected chi connectivity index (χ0v) is 19.0. The van der Waals surface area contributed by atoms with E-state index in [9.17, 15) is 9.90 Å². The van der Waals surface area contributed by atoms with Gasteiger partial charge < -0.3 is 19.6 Å². The van der Waals surface area contributed by atoms with E-state index >= 15 is 0 Å². The van der Waals surface area contributed by atoms with Crippen molar-refractivity contribution in [3.05, 3.63) is 88.2 Å². The quantitative estimate of drug-likeness (QED) is 0.464. The highest BCUT2D eigenvalue weighted by Crippen LogP contribution is 2.25. The third-order valence-electron chi connectivity index (χ3n) is 5.26. The molecule has 0 aliphatic rings. The fraction of sp³-hybridized carbons (Fsp3) is 0.192. The Labute approximate surface area is 191 Å². The molecule has 0 fully saturated rings. The second-order valence-corrected chi connectivity index (χ2v) is 7.85. The van der Waals surface area contributed by atoms with E-state index in [0.717, 1.165) is 11.1 Å². The fourth-order valence-electron chi connectivity index (χ4n) is 3.73. The molecule has 2 heterocycles. The van der Waals surface area contributed by atoms with Crippen molar-refractivity contribution in [3.8, 4) is 5.75 Å². The Morgan fingerprint density at radius 1 is 1.12 bits per heavy atom. The van der Waals surface area contributed by atoms with Crippen LogP contribution < -0.4 is 15.6 Å². The molecule has 0 saturated heterocycles. The van der Waals surface area contributed by atoms with Gasteiger partial charge >= 0.3 is 0 Å². The Hall–Kier alpha value is -3.97. The first-order valence-electron chi connectivity index (χ1n) is 10.5. The van der Waals surface area contributed by atoms with Crippen LogP contribution in [0.1, 0.15) is 32.7 Å². The normalized spacial score (nSPS) is 11.6. The number of rotatable bonds is 5. The summed E-state index contributed by atoms with van der Waals surface area (Å²) in [5.41, 5.74) is 5.34. The van der Waals surface area contributed by atoms with Crippen molar-refractivity contribution in [2.24, 2.45) is 4.99 Å². The SMILES string of the molecule is COc1ccccc1NC(=O)c1cc2c(CO)cnc(C)c2oc1=Nc1cc(C)cc(C)c1. The third-order valence-corrected chi connectivity index (χ3v) is 5.26. The van der Waals surface area contributed by atoms with E-state index in [-0.39, 0.29) is 17.7 Å². The number of hydrogen-bond donors (Lipinski definition) is 2. The number of hydrogen-bond acceptors (Lipinski definition) is 6. The molecule has 2 N–H and O–H groups in total. The predicted molar refractivity (Wildman–Crippen MR) is 127 cm³/mol. The number of amides is 1. The summed E-state index contributed by atoms with van der Waals surface area (Å²) in [7, 11) is 1.54. The molecular formula is C26H25N3O4. The number of anilines is 1. The molecule has 33 heavy (non-hydrogen) atoms. The number of methoxy groups -OCH3 is 1. The van der Waals surface area contributed by atoms with Gasteiger partial charge in [-0.3, -0.25) is 9.78 Å². The van der Waals surface area contributed by atoms with Crippen LogP contribution in [0.25, 0.3) is 11.0 Å². The number of ether oxygens (including phenoxy) is 1. The minimum atomic E-state index is -0.411. The Morgan fingerprint density at radius 2 is 1.85 bits per heavy atom. The smallest absolute Gasteiger partial charge is 0.261 e. The first-order valence-corrected chi connectivity index (χ1v) is 10.5. The average molecular weight is 444 g/mol. The summed E-state index contributed by atoms with van der Waals surface area (Å²) in [4.78, 5) is 22.4. The number of benzene rings is 2. The van der Waals surface area contributed by atoms with Crippen LogP contribution in [0.4, 0.5) is 11.4 Å². The number of carbonyl (C=O) groups excluding carboxylic acids is 1. The Bertz CT molecular complexity index is 1400. The largest absolute Gasteiger partial charge is 0.495 e. The summed E-state index contributed by atoms with van der Waals surface area (Å²) in [5.74, 6) is 0.124. The van der Waals surface area contributed by atoms with Crippen LogP contribution in [0.3, 0.4) is 0 Å². The predicted octanol–water partition coefficient (Wildman–Crippen LogP) is 4.74. The topological polar surface area (TPSA) is 97.0 Å². The lowest BCUT2D eigenvalue weighted by Crippen LogP contribution is -2.22. The van der Waals surface area contributed by atoms with Gasteiger partial charge in [0.05, 0.1) is 30.8 Å². The molecule has 7 heteroatoms. The molecule has 0 aliphatic carbocycles. The molecule has 2 aromatic carbocycles. The van der Waals surface area contributed by atoms with Crippen LogP contribution >= 0.6 is 0 Å². The van der Waals surface area contributed by atoms with E-state index in [0.29, 0.717) is 39.4 Å². The van der Waals surface area contributed by atoms with Gasteiger partial charge in [0, 0.05) is 17.1 Å². The molecule has 0 aliphatic heterocycles. The molecule has 0 bridgehead atoms. The Balaban J connectivity index is 1.95. The van der Waals surface area contributed by atoms with E-state index < -0.39 is 5.91 Å². The highest BCUT2D eigenvalue weighted by Gasteiger charge is 2.17. The first-order chi connectivity index (χ1) is 15.9. The molecular weight excluding hydrogens is 418 g/mol. The van der Waals surface area contributed by atoms with Gasteiger partial charge in [-0.2, -0.15) is 0 Å². The van der Waals surface area contributed by atoms with Crippen molar-refractivity contribution in [1.29, 1.82) is 0 Å². The van der Waals surface area contributed by atoms with Gasteiger partial charge in [-0.15, -0.1) is 0 Å². The zero-order chi connectivity index (χ0) is 23.5. The average Bonchev–Trinajstić information content (AvgIpc) is 2.79. The highest BCUT2D eigenvalue weighted by atomic mass is 16.5. The molecule has 0 spiro atoms. The summed E-state index contributed by atoms with van der Waals surface area (Å²) in [5, 5.41) is 13.3. The maximum absolute atomic E-state index is 13.4. The molecule has 0 radical (unpaired) electrons. The van der Waals surface area contributed by atoms with Gasteiger partial charge in [-0.1, -0.05) is 18.2 Å². The fourth-order valence-corrected chi connectivity index (χ4v) is 3.73. The van der Waals surface area contributed by atoms with Gasteiger partial charge in [0.25, 0.3) is 5.91 Å². The molecule has 0 saturated carbocycles. The number of para-hydroxylation sites is 2.